The molecule has 0 bridgehead atoms. The van der Waals surface area contributed by atoms with Crippen LogP contribution in [0.5, 0.6) is 0 Å². The molecular formula is C13H11NO2. The predicted octanol–water partition coefficient (Wildman–Crippen LogP) is 2.51. The molecule has 0 atom stereocenters. The number of carboxylic acid groups (broad SMARTS) is 1. The van der Waals surface area contributed by atoms with Crippen LogP contribution in [0.1, 0.15) is 12.6 Å². The number of benzene rings is 1. The summed E-state index contributed by atoms with van der Waals surface area (Å²) in [6, 6.07) is 10.1. The van der Waals surface area contributed by atoms with Crippen LogP contribution < -0.4 is 0 Å². The monoisotopic (exact) mass is 213 g/mol. The number of nitrogens with zero attached hydrogens (tertiary/aromatic N) is 1. The number of allylic oxidation sites excluding steroid dienone is 1. The average Bonchev–Trinajstić information content (AvgIpc) is 2.76. The molecule has 1 aliphatic heterocycles. The van der Waals surface area contributed by atoms with Gasteiger partial charge in [0.2, 0.25) is 0 Å². The van der Waals surface area contributed by atoms with E-state index in [1.807, 2.05) is 31.2 Å². The fourth-order valence-electron chi connectivity index (χ4n) is 2.35. The van der Waals surface area contributed by atoms with Gasteiger partial charge in [-0.1, -0.05) is 18.2 Å². The molecule has 2 aromatic rings. The molecule has 3 heteroatoms. The van der Waals surface area contributed by atoms with Crippen molar-refractivity contribution in [3.63, 3.8) is 0 Å². The Labute approximate surface area is 92.6 Å². The summed E-state index contributed by atoms with van der Waals surface area (Å²) in [5.74, 6) is -0.815. The minimum atomic E-state index is -0.815. The van der Waals surface area contributed by atoms with E-state index in [1.54, 1.807) is 0 Å². The Morgan fingerprint density at radius 3 is 2.88 bits per heavy atom. The highest BCUT2D eigenvalue weighted by Gasteiger charge is 2.24. The number of aromatic nitrogens is 1. The van der Waals surface area contributed by atoms with Crippen molar-refractivity contribution in [3.05, 3.63) is 41.6 Å². The third-order valence-electron chi connectivity index (χ3n) is 3.22. The molecule has 1 N–H and O–H groups in total. The third-order valence-corrected chi connectivity index (χ3v) is 3.22. The van der Waals surface area contributed by atoms with Crippen molar-refractivity contribution in [1.82, 2.24) is 4.57 Å². The second-order valence-electron chi connectivity index (χ2n) is 4.08. The molecule has 0 unspecified atom stereocenters. The quantitative estimate of drug-likeness (QED) is 0.790. The van der Waals surface area contributed by atoms with Crippen molar-refractivity contribution < 1.29 is 9.90 Å². The highest BCUT2D eigenvalue weighted by Crippen LogP contribution is 2.33. The lowest BCUT2D eigenvalue weighted by atomic mass is 10.1. The zero-order valence-electron chi connectivity index (χ0n) is 8.90. The maximum absolute atomic E-state index is 11.0. The van der Waals surface area contributed by atoms with Gasteiger partial charge in [0.1, 0.15) is 0 Å². The first-order chi connectivity index (χ1) is 7.68. The molecule has 16 heavy (non-hydrogen) atoms. The molecule has 3 nitrogen and oxygen atoms in total. The number of carbonyl (C=O) groups is 1. The topological polar surface area (TPSA) is 42.2 Å². The van der Waals surface area contributed by atoms with Gasteiger partial charge < -0.3 is 9.67 Å². The van der Waals surface area contributed by atoms with Crippen LogP contribution in [0.3, 0.4) is 0 Å². The molecule has 80 valence electrons. The Morgan fingerprint density at radius 2 is 2.12 bits per heavy atom. The van der Waals surface area contributed by atoms with Crippen LogP contribution in [0.25, 0.3) is 16.5 Å². The largest absolute Gasteiger partial charge is 0.478 e. The maximum atomic E-state index is 11.0. The van der Waals surface area contributed by atoms with E-state index in [1.165, 1.54) is 5.39 Å². The minimum Gasteiger partial charge on any atom is -0.478 e. The number of carboxylic acids is 1. The van der Waals surface area contributed by atoms with E-state index in [0.29, 0.717) is 12.1 Å². The van der Waals surface area contributed by atoms with Crippen LogP contribution in [0, 0.1) is 0 Å². The van der Waals surface area contributed by atoms with Crippen molar-refractivity contribution in [2.24, 2.45) is 0 Å². The van der Waals surface area contributed by atoms with Gasteiger partial charge in [-0.05, 0) is 24.6 Å². The van der Waals surface area contributed by atoms with Crippen molar-refractivity contribution in [1.29, 1.82) is 0 Å². The zero-order chi connectivity index (χ0) is 11.3. The summed E-state index contributed by atoms with van der Waals surface area (Å²) in [6.07, 6.45) is 0. The summed E-state index contributed by atoms with van der Waals surface area (Å²) in [5, 5.41) is 10.2. The fraction of sp³-hybridized carbons (Fsp3) is 0.154. The molecule has 0 amide bonds. The number of hydrogen-bond acceptors (Lipinski definition) is 1. The van der Waals surface area contributed by atoms with Crippen LogP contribution in [-0.2, 0) is 11.3 Å². The van der Waals surface area contributed by atoms with Gasteiger partial charge in [-0.3, -0.25) is 0 Å². The van der Waals surface area contributed by atoms with Crippen molar-refractivity contribution in [2.75, 3.05) is 0 Å². The zero-order valence-corrected chi connectivity index (χ0v) is 8.90. The Bertz CT molecular complexity index is 634. The van der Waals surface area contributed by atoms with Gasteiger partial charge in [0.05, 0.1) is 12.1 Å². The third kappa shape index (κ3) is 1.05. The summed E-state index contributed by atoms with van der Waals surface area (Å²) < 4.78 is 2.06. The number of rotatable bonds is 1. The summed E-state index contributed by atoms with van der Waals surface area (Å²) in [6.45, 7) is 2.35. The van der Waals surface area contributed by atoms with Gasteiger partial charge in [0.15, 0.2) is 0 Å². The van der Waals surface area contributed by atoms with Gasteiger partial charge in [-0.2, -0.15) is 0 Å². The summed E-state index contributed by atoms with van der Waals surface area (Å²) in [4.78, 5) is 11.0. The first-order valence-electron chi connectivity index (χ1n) is 5.20. The Balaban J connectivity index is 2.28. The Kier molecular flexibility index (Phi) is 1.72. The standard InChI is InChI=1S/C13H11NO2/c1-8-10(13(15)16)7-14-11-5-3-2-4-9(11)6-12(8)14/h2-6H,7H2,1H3,(H,15,16). The Morgan fingerprint density at radius 1 is 1.38 bits per heavy atom. The number of para-hydroxylation sites is 1. The highest BCUT2D eigenvalue weighted by atomic mass is 16.4. The first kappa shape index (κ1) is 9.21. The minimum absolute atomic E-state index is 0.476. The van der Waals surface area contributed by atoms with Crippen LogP contribution in [0.2, 0.25) is 0 Å². The highest BCUT2D eigenvalue weighted by molar-refractivity contribution is 6.00. The molecule has 1 aromatic heterocycles. The second-order valence-corrected chi connectivity index (χ2v) is 4.08. The van der Waals surface area contributed by atoms with Crippen LogP contribution >= 0.6 is 0 Å². The average molecular weight is 213 g/mol. The maximum Gasteiger partial charge on any atom is 0.333 e. The first-order valence-corrected chi connectivity index (χ1v) is 5.20. The molecule has 2 heterocycles. The van der Waals surface area contributed by atoms with Crippen LogP contribution in [0.15, 0.2) is 35.9 Å². The molecule has 1 aromatic carbocycles. The summed E-state index contributed by atoms with van der Waals surface area (Å²) in [5.41, 5.74) is 3.51. The van der Waals surface area contributed by atoms with E-state index < -0.39 is 5.97 Å². The molecule has 0 radical (unpaired) electrons. The van der Waals surface area contributed by atoms with Gasteiger partial charge in [0.25, 0.3) is 0 Å². The normalized spacial score (nSPS) is 14.6. The van der Waals surface area contributed by atoms with E-state index in [-0.39, 0.29) is 0 Å². The smallest absolute Gasteiger partial charge is 0.333 e. The van der Waals surface area contributed by atoms with Gasteiger partial charge in [-0.25, -0.2) is 4.79 Å². The molecule has 0 saturated heterocycles. The van der Waals surface area contributed by atoms with Crippen molar-refractivity contribution in [3.8, 4) is 0 Å². The van der Waals surface area contributed by atoms with E-state index in [0.717, 1.165) is 16.8 Å². The molecular weight excluding hydrogens is 202 g/mol. The SMILES string of the molecule is CC1=C(C(=O)O)Cn2c1cc1ccccc12. The predicted molar refractivity (Wildman–Crippen MR) is 62.2 cm³/mol. The summed E-state index contributed by atoms with van der Waals surface area (Å²) >= 11 is 0. The van der Waals surface area contributed by atoms with Crippen LogP contribution in [-0.4, -0.2) is 15.6 Å². The molecule has 1 aliphatic rings. The lowest BCUT2D eigenvalue weighted by Gasteiger charge is -2.00. The molecule has 0 spiro atoms. The molecule has 0 aliphatic carbocycles. The van der Waals surface area contributed by atoms with E-state index in [4.69, 9.17) is 5.11 Å². The lowest BCUT2D eigenvalue weighted by Crippen LogP contribution is -2.04. The van der Waals surface area contributed by atoms with Gasteiger partial charge in [0, 0.05) is 16.6 Å². The number of hydrogen-bond donors (Lipinski definition) is 1. The number of aliphatic carboxylic acids is 1. The van der Waals surface area contributed by atoms with Gasteiger partial charge in [-0.15, -0.1) is 0 Å². The molecule has 3 rings (SSSR count). The van der Waals surface area contributed by atoms with E-state index in [2.05, 4.69) is 10.6 Å². The fourth-order valence-corrected chi connectivity index (χ4v) is 2.35. The van der Waals surface area contributed by atoms with E-state index in [9.17, 15) is 4.79 Å². The van der Waals surface area contributed by atoms with E-state index >= 15 is 0 Å². The van der Waals surface area contributed by atoms with Crippen molar-refractivity contribution in [2.45, 2.75) is 13.5 Å². The summed E-state index contributed by atoms with van der Waals surface area (Å²) in [7, 11) is 0. The van der Waals surface area contributed by atoms with Crippen LogP contribution in [0.4, 0.5) is 0 Å². The van der Waals surface area contributed by atoms with Gasteiger partial charge >= 0.3 is 5.97 Å². The number of fused-ring (bicyclic) bond motifs is 3. The Hall–Kier alpha value is -2.03. The molecule has 0 fully saturated rings. The second kappa shape index (κ2) is 2.98. The van der Waals surface area contributed by atoms with Crippen molar-refractivity contribution >= 4 is 22.4 Å². The molecule has 0 saturated carbocycles. The lowest BCUT2D eigenvalue weighted by molar-refractivity contribution is -0.132.